The highest BCUT2D eigenvalue weighted by atomic mass is 31.2. The molecule has 0 aliphatic rings. The van der Waals surface area contributed by atoms with Crippen molar-refractivity contribution in [2.24, 2.45) is 0 Å². The molecule has 12 heteroatoms. The van der Waals surface area contributed by atoms with Gasteiger partial charge in [0.2, 0.25) is 0 Å². The minimum atomic E-state index is -4.84. The Hall–Kier alpha value is 0.140. The molecule has 134 valence electrons. The fraction of sp³-hybridized carbons (Fsp3) is 1.00. The van der Waals surface area contributed by atoms with Crippen molar-refractivity contribution in [3.05, 3.63) is 0 Å². The van der Waals surface area contributed by atoms with Crippen LogP contribution in [-0.2, 0) is 9.13 Å². The van der Waals surface area contributed by atoms with Crippen LogP contribution in [0.15, 0.2) is 0 Å². The first kappa shape index (κ1) is 29.2. The number of hydrogen-bond acceptors (Lipinski definition) is 7. The van der Waals surface area contributed by atoms with Crippen LogP contribution in [0.25, 0.3) is 0 Å². The summed E-state index contributed by atoms with van der Waals surface area (Å²) in [5.41, 5.74) is 0. The summed E-state index contributed by atoms with van der Waals surface area (Å²) in [6.07, 6.45) is 2.63. The topological polar surface area (TPSA) is 239 Å². The van der Waals surface area contributed by atoms with Gasteiger partial charge in [0.05, 0.1) is 0 Å². The van der Waals surface area contributed by atoms with Crippen LogP contribution in [0.3, 0.4) is 0 Å². The second-order valence-corrected chi connectivity index (χ2v) is 7.32. The summed E-state index contributed by atoms with van der Waals surface area (Å²) in [7, 11) is -9.68. The SMILES string of the molecule is CCCCCCCN(CP(=O)([O-])[O-])CP(=O)([O-])[O-].[NH4+].[NH4+].[NH4+]. The number of quaternary nitrogens is 3. The van der Waals surface area contributed by atoms with Crippen LogP contribution in [0.4, 0.5) is 0 Å². The molecule has 21 heavy (non-hydrogen) atoms. The molecule has 0 saturated carbocycles. The molecule has 0 aromatic carbocycles. The summed E-state index contributed by atoms with van der Waals surface area (Å²) >= 11 is 0. The molecule has 0 aromatic heterocycles. The van der Waals surface area contributed by atoms with Crippen molar-refractivity contribution in [3.8, 4) is 0 Å². The Morgan fingerprint density at radius 3 is 1.48 bits per heavy atom. The molecule has 0 aliphatic heterocycles. The van der Waals surface area contributed by atoms with E-state index in [0.29, 0.717) is 6.42 Å². The minimum Gasteiger partial charge on any atom is -0.810 e. The maximum atomic E-state index is 10.6. The van der Waals surface area contributed by atoms with Gasteiger partial charge in [-0.3, -0.25) is 4.90 Å². The Morgan fingerprint density at radius 1 is 0.762 bits per heavy atom. The first-order chi connectivity index (χ1) is 8.14. The van der Waals surface area contributed by atoms with Gasteiger partial charge in [-0.25, -0.2) is 0 Å². The standard InChI is InChI=1S/C9H23NO6P2.3H3N/c1-2-3-4-5-6-7-10(8-17(11,12)13)9-18(14,15)16;;;/h2-9H2,1H3,(H2,11,12,13)(H2,14,15,16);3*1H3/p-1. The first-order valence-corrected chi connectivity index (χ1v) is 9.34. The summed E-state index contributed by atoms with van der Waals surface area (Å²) in [6.45, 7) is 2.18. The smallest absolute Gasteiger partial charge is 0.0264 e. The first-order valence-electron chi connectivity index (χ1n) is 5.88. The largest absolute Gasteiger partial charge is 0.810 e. The van der Waals surface area contributed by atoms with Gasteiger partial charge in [0.15, 0.2) is 0 Å². The van der Waals surface area contributed by atoms with Crippen molar-refractivity contribution in [2.75, 3.05) is 19.1 Å². The van der Waals surface area contributed by atoms with E-state index in [1.807, 2.05) is 6.92 Å². The van der Waals surface area contributed by atoms with Crippen LogP contribution < -0.4 is 38.0 Å². The molecular weight excluding hydrogens is 322 g/mol. The molecular formula is C9H31N4O6P2-. The van der Waals surface area contributed by atoms with Gasteiger partial charge in [-0.15, -0.1) is 0 Å². The van der Waals surface area contributed by atoms with Crippen LogP contribution in [0.2, 0.25) is 0 Å². The van der Waals surface area contributed by atoms with E-state index in [9.17, 15) is 28.7 Å². The fourth-order valence-electron chi connectivity index (χ4n) is 1.62. The van der Waals surface area contributed by atoms with Crippen molar-refractivity contribution in [1.82, 2.24) is 23.4 Å². The average molecular weight is 353 g/mol. The molecule has 0 rings (SSSR count). The van der Waals surface area contributed by atoms with Crippen molar-refractivity contribution in [1.29, 1.82) is 0 Å². The van der Waals surface area contributed by atoms with Gasteiger partial charge in [-0.2, -0.15) is 0 Å². The summed E-state index contributed by atoms with van der Waals surface area (Å²) in [5, 5.41) is 0. The average Bonchev–Trinajstić information content (AvgIpc) is 2.12. The molecule has 0 unspecified atom stereocenters. The predicted molar refractivity (Wildman–Crippen MR) is 78.4 cm³/mol. The second kappa shape index (κ2) is 13.8. The maximum absolute atomic E-state index is 10.6. The van der Waals surface area contributed by atoms with Gasteiger partial charge in [0, 0.05) is 12.6 Å². The lowest BCUT2D eigenvalue weighted by Gasteiger charge is -2.41. The van der Waals surface area contributed by atoms with Crippen molar-refractivity contribution < 1.29 is 28.7 Å². The van der Waals surface area contributed by atoms with Gasteiger partial charge < -0.3 is 47.2 Å². The lowest BCUT2D eigenvalue weighted by atomic mass is 10.1. The zero-order valence-electron chi connectivity index (χ0n) is 13.4. The summed E-state index contributed by atoms with van der Waals surface area (Å²) < 4.78 is 21.2. The number of unbranched alkanes of at least 4 members (excludes halogenated alkanes) is 4. The highest BCUT2D eigenvalue weighted by Gasteiger charge is 2.08. The van der Waals surface area contributed by atoms with Crippen molar-refractivity contribution in [3.63, 3.8) is 0 Å². The van der Waals surface area contributed by atoms with Gasteiger partial charge in [0.1, 0.15) is 0 Å². The molecule has 12 N–H and O–H groups in total. The highest BCUT2D eigenvalue weighted by Crippen LogP contribution is 2.30. The number of hydrogen-bond donors (Lipinski definition) is 3. The predicted octanol–water partition coefficient (Wildman–Crippen LogP) is 0.130. The molecule has 0 bridgehead atoms. The third kappa shape index (κ3) is 22.6. The molecule has 10 nitrogen and oxygen atoms in total. The Bertz CT molecular complexity index is 297. The quantitative estimate of drug-likeness (QED) is 0.361. The van der Waals surface area contributed by atoms with E-state index in [-0.39, 0.29) is 25.0 Å². The summed E-state index contributed by atoms with van der Waals surface area (Å²) in [4.78, 5) is 43.3. The van der Waals surface area contributed by atoms with Gasteiger partial charge in [-0.05, 0) is 13.0 Å². The molecule has 0 saturated heterocycles. The Balaban J connectivity index is -0.000000482. The van der Waals surface area contributed by atoms with Crippen LogP contribution >= 0.6 is 15.2 Å². The lowest BCUT2D eigenvalue weighted by molar-refractivity contribution is -0.318. The molecule has 0 radical (unpaired) electrons. The van der Waals surface area contributed by atoms with Gasteiger partial charge >= 0.3 is 0 Å². The van der Waals surface area contributed by atoms with E-state index < -0.39 is 27.8 Å². The van der Waals surface area contributed by atoms with E-state index in [4.69, 9.17) is 0 Å². The molecule has 0 aromatic rings. The monoisotopic (exact) mass is 353 g/mol. The number of rotatable bonds is 10. The van der Waals surface area contributed by atoms with E-state index in [1.165, 1.54) is 0 Å². The Kier molecular flexibility index (Phi) is 19.2. The zero-order valence-corrected chi connectivity index (χ0v) is 15.2. The normalized spacial score (nSPS) is 11.3. The molecule has 0 heterocycles. The Labute approximate surface area is 126 Å². The minimum absolute atomic E-state index is 0. The van der Waals surface area contributed by atoms with Crippen molar-refractivity contribution in [2.45, 2.75) is 39.0 Å². The van der Waals surface area contributed by atoms with Crippen LogP contribution in [0, 0.1) is 0 Å². The van der Waals surface area contributed by atoms with E-state index in [2.05, 4.69) is 0 Å². The molecule has 0 fully saturated rings. The van der Waals surface area contributed by atoms with Crippen LogP contribution in [0.5, 0.6) is 0 Å². The van der Waals surface area contributed by atoms with E-state index >= 15 is 0 Å². The second-order valence-electron chi connectivity index (χ2n) is 4.31. The summed E-state index contributed by atoms with van der Waals surface area (Å²) in [6, 6.07) is 0. The van der Waals surface area contributed by atoms with Crippen LogP contribution in [-0.4, -0.2) is 24.0 Å². The van der Waals surface area contributed by atoms with Gasteiger partial charge in [0.25, 0.3) is 0 Å². The Morgan fingerprint density at radius 2 is 1.14 bits per heavy atom. The van der Waals surface area contributed by atoms with Crippen LogP contribution in [0.1, 0.15) is 39.0 Å². The lowest BCUT2D eigenvalue weighted by Crippen LogP contribution is -2.36. The summed E-state index contributed by atoms with van der Waals surface area (Å²) in [5.74, 6) is 0. The molecule has 0 spiro atoms. The van der Waals surface area contributed by atoms with E-state index in [0.717, 1.165) is 30.6 Å². The fourth-order valence-corrected chi connectivity index (χ4v) is 3.24. The van der Waals surface area contributed by atoms with Gasteiger partial charge in [-0.1, -0.05) is 47.8 Å². The molecule has 0 aliphatic carbocycles. The molecule has 0 amide bonds. The van der Waals surface area contributed by atoms with Crippen molar-refractivity contribution >= 4 is 15.2 Å². The highest BCUT2D eigenvalue weighted by molar-refractivity contribution is 7.49. The third-order valence-corrected chi connectivity index (χ3v) is 3.82. The van der Waals surface area contributed by atoms with E-state index in [1.54, 1.807) is 0 Å². The number of nitrogens with zero attached hydrogens (tertiary/aromatic N) is 1. The molecule has 0 atom stereocenters. The zero-order chi connectivity index (χ0) is 14.2. The maximum Gasteiger partial charge on any atom is 0.0264 e. The third-order valence-electron chi connectivity index (χ3n) is 2.32.